The average Bonchev–Trinajstić information content (AvgIpc) is 3.20. The molecule has 1 aromatic carbocycles. The van der Waals surface area contributed by atoms with Crippen LogP contribution >= 0.6 is 0 Å². The minimum atomic E-state index is -0.621. The molecule has 1 aliphatic carbocycles. The molecule has 0 heterocycles. The summed E-state index contributed by atoms with van der Waals surface area (Å²) in [6, 6.07) is 9.29. The highest BCUT2D eigenvalue weighted by molar-refractivity contribution is 5.81. The highest BCUT2D eigenvalue weighted by Crippen LogP contribution is 2.32. The summed E-state index contributed by atoms with van der Waals surface area (Å²) in [5.74, 6) is 0.359. The van der Waals surface area contributed by atoms with Gasteiger partial charge in [0.1, 0.15) is 0 Å². The quantitative estimate of drug-likeness (QED) is 0.863. The number of nitrogens with zero attached hydrogens (tertiary/aromatic N) is 1. The Morgan fingerprint density at radius 1 is 1.35 bits per heavy atom. The largest absolute Gasteiger partial charge is 0.386 e. The van der Waals surface area contributed by atoms with Gasteiger partial charge >= 0.3 is 0 Å². The summed E-state index contributed by atoms with van der Waals surface area (Å²) in [6.07, 6.45) is 1.37. The number of carbonyl (C=O) groups excluding carboxylic acids is 1. The lowest BCUT2D eigenvalue weighted by atomic mass is 10.0. The highest BCUT2D eigenvalue weighted by atomic mass is 16.3. The number of hydrogen-bond donors (Lipinski definition) is 1. The maximum atomic E-state index is 11.9. The van der Waals surface area contributed by atoms with Crippen LogP contribution in [0.4, 0.5) is 0 Å². The van der Waals surface area contributed by atoms with Crippen LogP contribution < -0.4 is 0 Å². The molecular weight excluding hydrogens is 214 g/mol. The molecule has 3 heteroatoms. The third-order valence-corrected chi connectivity index (χ3v) is 3.48. The molecule has 2 atom stereocenters. The van der Waals surface area contributed by atoms with Gasteiger partial charge in [-0.05, 0) is 25.3 Å². The van der Waals surface area contributed by atoms with Crippen molar-refractivity contribution in [2.75, 3.05) is 7.05 Å². The molecule has 1 saturated carbocycles. The van der Waals surface area contributed by atoms with Crippen LogP contribution in [0.25, 0.3) is 0 Å². The van der Waals surface area contributed by atoms with Crippen LogP contribution in [0.2, 0.25) is 0 Å². The van der Waals surface area contributed by atoms with E-state index >= 15 is 0 Å². The first-order valence-corrected chi connectivity index (χ1v) is 6.11. The predicted molar refractivity (Wildman–Crippen MR) is 66.4 cm³/mol. The number of likely N-dealkylation sites (N-methyl/N-ethyl adjacent to an activating group) is 1. The SMILES string of the molecule is CC(C(O)c1ccccc1)N(C)C(=O)C1CC1. The predicted octanol–water partition coefficient (Wildman–Crippen LogP) is 1.98. The van der Waals surface area contributed by atoms with E-state index < -0.39 is 6.10 Å². The van der Waals surface area contributed by atoms with E-state index in [0.717, 1.165) is 18.4 Å². The molecule has 0 aliphatic heterocycles. The number of amides is 1. The van der Waals surface area contributed by atoms with Crippen LogP contribution in [0.1, 0.15) is 31.4 Å². The lowest BCUT2D eigenvalue weighted by molar-refractivity contribution is -0.135. The monoisotopic (exact) mass is 233 g/mol. The number of carbonyl (C=O) groups is 1. The molecule has 0 radical (unpaired) electrons. The van der Waals surface area contributed by atoms with Crippen LogP contribution in [0.15, 0.2) is 30.3 Å². The number of aliphatic hydroxyl groups is 1. The molecule has 0 aromatic heterocycles. The van der Waals surface area contributed by atoms with Crippen molar-refractivity contribution in [3.05, 3.63) is 35.9 Å². The van der Waals surface area contributed by atoms with Crippen molar-refractivity contribution in [3.63, 3.8) is 0 Å². The third kappa shape index (κ3) is 2.67. The maximum Gasteiger partial charge on any atom is 0.225 e. The maximum absolute atomic E-state index is 11.9. The fourth-order valence-corrected chi connectivity index (χ4v) is 1.96. The van der Waals surface area contributed by atoms with Gasteiger partial charge in [-0.2, -0.15) is 0 Å². The van der Waals surface area contributed by atoms with Crippen LogP contribution in [0.3, 0.4) is 0 Å². The zero-order valence-corrected chi connectivity index (χ0v) is 10.3. The van der Waals surface area contributed by atoms with Gasteiger partial charge in [-0.25, -0.2) is 0 Å². The summed E-state index contributed by atoms with van der Waals surface area (Å²) in [6.45, 7) is 1.89. The second-order valence-corrected chi connectivity index (χ2v) is 4.82. The van der Waals surface area contributed by atoms with Crippen molar-refractivity contribution in [1.82, 2.24) is 4.90 Å². The Labute approximate surface area is 102 Å². The summed E-state index contributed by atoms with van der Waals surface area (Å²) in [4.78, 5) is 13.6. The standard InChI is InChI=1S/C14H19NO2/c1-10(15(2)14(17)12-8-9-12)13(16)11-6-4-3-5-7-11/h3-7,10,12-13,16H,8-9H2,1-2H3. The molecule has 0 spiro atoms. The van der Waals surface area contributed by atoms with Crippen LogP contribution in [-0.2, 0) is 4.79 Å². The Balaban J connectivity index is 2.03. The molecule has 0 saturated heterocycles. The van der Waals surface area contributed by atoms with E-state index in [1.807, 2.05) is 37.3 Å². The molecule has 1 aliphatic rings. The number of benzene rings is 1. The molecule has 2 unspecified atom stereocenters. The fraction of sp³-hybridized carbons (Fsp3) is 0.500. The Bertz CT molecular complexity index is 386. The Morgan fingerprint density at radius 2 is 1.94 bits per heavy atom. The van der Waals surface area contributed by atoms with Gasteiger partial charge in [0.25, 0.3) is 0 Å². The number of rotatable bonds is 4. The molecule has 0 bridgehead atoms. The lowest BCUT2D eigenvalue weighted by Crippen LogP contribution is -2.39. The Morgan fingerprint density at radius 3 is 2.47 bits per heavy atom. The number of hydrogen-bond acceptors (Lipinski definition) is 2. The van der Waals surface area contributed by atoms with E-state index in [4.69, 9.17) is 0 Å². The first-order chi connectivity index (χ1) is 8.11. The molecule has 1 N–H and O–H groups in total. The first kappa shape index (κ1) is 12.1. The topological polar surface area (TPSA) is 40.5 Å². The smallest absolute Gasteiger partial charge is 0.225 e. The lowest BCUT2D eigenvalue weighted by Gasteiger charge is -2.29. The molecule has 92 valence electrons. The third-order valence-electron chi connectivity index (χ3n) is 3.48. The van der Waals surface area contributed by atoms with Crippen molar-refractivity contribution in [2.24, 2.45) is 5.92 Å². The van der Waals surface area contributed by atoms with Gasteiger partial charge in [-0.3, -0.25) is 4.79 Å². The van der Waals surface area contributed by atoms with Gasteiger partial charge in [0.2, 0.25) is 5.91 Å². The van der Waals surface area contributed by atoms with Crippen LogP contribution in [-0.4, -0.2) is 29.0 Å². The molecule has 17 heavy (non-hydrogen) atoms. The van der Waals surface area contributed by atoms with Crippen LogP contribution in [0, 0.1) is 5.92 Å². The zero-order valence-electron chi connectivity index (χ0n) is 10.3. The van der Waals surface area contributed by atoms with Crippen LogP contribution in [0.5, 0.6) is 0 Å². The molecular formula is C14H19NO2. The van der Waals surface area contributed by atoms with Crippen molar-refractivity contribution < 1.29 is 9.90 Å². The molecule has 1 fully saturated rings. The molecule has 2 rings (SSSR count). The minimum Gasteiger partial charge on any atom is -0.386 e. The summed E-state index contributed by atoms with van der Waals surface area (Å²) < 4.78 is 0. The summed E-state index contributed by atoms with van der Waals surface area (Å²) in [7, 11) is 1.78. The van der Waals surface area contributed by atoms with Gasteiger partial charge < -0.3 is 10.0 Å². The number of aliphatic hydroxyl groups excluding tert-OH is 1. The molecule has 3 nitrogen and oxygen atoms in total. The average molecular weight is 233 g/mol. The van der Waals surface area contributed by atoms with E-state index in [1.165, 1.54) is 0 Å². The summed E-state index contributed by atoms with van der Waals surface area (Å²) in [5.41, 5.74) is 0.857. The van der Waals surface area contributed by atoms with E-state index in [9.17, 15) is 9.90 Å². The Hall–Kier alpha value is -1.35. The first-order valence-electron chi connectivity index (χ1n) is 6.11. The van der Waals surface area contributed by atoms with E-state index in [0.29, 0.717) is 0 Å². The van der Waals surface area contributed by atoms with Crippen molar-refractivity contribution in [1.29, 1.82) is 0 Å². The molecule has 1 aromatic rings. The summed E-state index contributed by atoms with van der Waals surface area (Å²) in [5, 5.41) is 10.2. The van der Waals surface area contributed by atoms with Crippen molar-refractivity contribution in [3.8, 4) is 0 Å². The van der Waals surface area contributed by atoms with Crippen molar-refractivity contribution >= 4 is 5.91 Å². The molecule has 1 amide bonds. The van der Waals surface area contributed by atoms with Gasteiger partial charge in [0, 0.05) is 13.0 Å². The zero-order chi connectivity index (χ0) is 12.4. The van der Waals surface area contributed by atoms with E-state index in [2.05, 4.69) is 0 Å². The van der Waals surface area contributed by atoms with E-state index in [1.54, 1.807) is 11.9 Å². The Kier molecular flexibility index (Phi) is 3.48. The van der Waals surface area contributed by atoms with Gasteiger partial charge in [0.05, 0.1) is 12.1 Å². The second-order valence-electron chi connectivity index (χ2n) is 4.82. The highest BCUT2D eigenvalue weighted by Gasteiger charge is 2.35. The van der Waals surface area contributed by atoms with Gasteiger partial charge in [-0.15, -0.1) is 0 Å². The van der Waals surface area contributed by atoms with Crippen molar-refractivity contribution in [2.45, 2.75) is 31.9 Å². The normalized spacial score (nSPS) is 18.5. The summed E-state index contributed by atoms with van der Waals surface area (Å²) >= 11 is 0. The fourth-order valence-electron chi connectivity index (χ4n) is 1.96. The van der Waals surface area contributed by atoms with E-state index in [-0.39, 0.29) is 17.9 Å². The minimum absolute atomic E-state index is 0.160. The second kappa shape index (κ2) is 4.88. The van der Waals surface area contributed by atoms with Gasteiger partial charge in [-0.1, -0.05) is 30.3 Å². The van der Waals surface area contributed by atoms with Gasteiger partial charge in [0.15, 0.2) is 0 Å².